The largest absolute Gasteiger partial charge is 0.497 e. The van der Waals surface area contributed by atoms with E-state index in [1.165, 1.54) is 11.8 Å². The van der Waals surface area contributed by atoms with Crippen LogP contribution in [0.15, 0.2) is 88.8 Å². The van der Waals surface area contributed by atoms with E-state index in [0.29, 0.717) is 33.1 Å². The molecular weight excluding hydrogens is 384 g/mol. The third-order valence-electron chi connectivity index (χ3n) is 4.48. The number of ketones is 1. The van der Waals surface area contributed by atoms with Crippen LogP contribution in [-0.4, -0.2) is 28.2 Å². The van der Waals surface area contributed by atoms with Crippen LogP contribution in [0.4, 0.5) is 0 Å². The van der Waals surface area contributed by atoms with Gasteiger partial charge in [0.15, 0.2) is 10.9 Å². The summed E-state index contributed by atoms with van der Waals surface area (Å²) in [6.45, 7) is 0. The number of carbonyl (C=O) groups excluding carboxylic acids is 1. The monoisotopic (exact) mass is 402 g/mol. The Morgan fingerprint density at radius 3 is 2.55 bits per heavy atom. The Balaban J connectivity index is 1.72. The van der Waals surface area contributed by atoms with Crippen molar-refractivity contribution in [1.82, 2.24) is 9.55 Å². The molecule has 0 fully saturated rings. The van der Waals surface area contributed by atoms with Gasteiger partial charge in [0, 0.05) is 5.56 Å². The van der Waals surface area contributed by atoms with Gasteiger partial charge in [0.1, 0.15) is 5.75 Å². The third-order valence-corrected chi connectivity index (χ3v) is 5.42. The maximum absolute atomic E-state index is 13.2. The number of benzene rings is 3. The molecule has 4 rings (SSSR count). The van der Waals surface area contributed by atoms with E-state index in [9.17, 15) is 9.59 Å². The average molecular weight is 402 g/mol. The molecule has 1 aromatic heterocycles. The molecule has 0 amide bonds. The molecule has 0 spiro atoms. The minimum Gasteiger partial charge on any atom is -0.497 e. The molecule has 6 heteroatoms. The number of ether oxygens (including phenoxy) is 1. The van der Waals surface area contributed by atoms with Gasteiger partial charge in [-0.25, -0.2) is 4.98 Å². The Morgan fingerprint density at radius 1 is 1.00 bits per heavy atom. The number of methoxy groups -OCH3 is 1. The van der Waals surface area contributed by atoms with Crippen LogP contribution in [0.25, 0.3) is 16.6 Å². The van der Waals surface area contributed by atoms with Crippen molar-refractivity contribution in [3.8, 4) is 11.4 Å². The maximum atomic E-state index is 13.2. The van der Waals surface area contributed by atoms with Crippen LogP contribution in [0.1, 0.15) is 10.4 Å². The SMILES string of the molecule is COc1cccc(C(=O)CSc2nc3ccccc3c(=O)n2-c2ccccc2)c1. The van der Waals surface area contributed by atoms with Gasteiger partial charge in [-0.2, -0.15) is 0 Å². The first-order chi connectivity index (χ1) is 14.2. The fourth-order valence-corrected chi connectivity index (χ4v) is 3.93. The second-order valence-corrected chi connectivity index (χ2v) is 7.27. The normalized spacial score (nSPS) is 10.8. The van der Waals surface area contributed by atoms with Crippen molar-refractivity contribution in [1.29, 1.82) is 0 Å². The molecule has 0 radical (unpaired) electrons. The smallest absolute Gasteiger partial charge is 0.266 e. The van der Waals surface area contributed by atoms with Gasteiger partial charge in [0.05, 0.1) is 29.5 Å². The van der Waals surface area contributed by atoms with Crippen molar-refractivity contribution in [3.63, 3.8) is 0 Å². The van der Waals surface area contributed by atoms with Crippen molar-refractivity contribution in [3.05, 3.63) is 94.8 Å². The molecular formula is C23H18N2O3S. The van der Waals surface area contributed by atoms with Gasteiger partial charge in [-0.05, 0) is 36.4 Å². The highest BCUT2D eigenvalue weighted by Gasteiger charge is 2.15. The lowest BCUT2D eigenvalue weighted by Gasteiger charge is -2.13. The van der Waals surface area contributed by atoms with Crippen molar-refractivity contribution in [2.75, 3.05) is 12.9 Å². The van der Waals surface area contributed by atoms with Gasteiger partial charge in [-0.1, -0.05) is 54.2 Å². The van der Waals surface area contributed by atoms with Crippen LogP contribution < -0.4 is 10.3 Å². The molecule has 0 aliphatic heterocycles. The molecule has 0 bridgehead atoms. The van der Waals surface area contributed by atoms with E-state index in [0.717, 1.165) is 0 Å². The molecule has 0 unspecified atom stereocenters. The average Bonchev–Trinajstić information content (AvgIpc) is 2.78. The number of aromatic nitrogens is 2. The summed E-state index contributed by atoms with van der Waals surface area (Å²) < 4.78 is 6.75. The quantitative estimate of drug-likeness (QED) is 0.272. The highest BCUT2D eigenvalue weighted by Crippen LogP contribution is 2.23. The molecule has 0 aliphatic carbocycles. The zero-order valence-corrected chi connectivity index (χ0v) is 16.6. The first-order valence-corrected chi connectivity index (χ1v) is 10.0. The van der Waals surface area contributed by atoms with Gasteiger partial charge < -0.3 is 4.74 Å². The summed E-state index contributed by atoms with van der Waals surface area (Å²) >= 11 is 1.25. The molecule has 144 valence electrons. The molecule has 5 nitrogen and oxygen atoms in total. The van der Waals surface area contributed by atoms with Crippen LogP contribution in [0.3, 0.4) is 0 Å². The summed E-state index contributed by atoms with van der Waals surface area (Å²) in [5.74, 6) is 0.729. The number of para-hydroxylation sites is 2. The summed E-state index contributed by atoms with van der Waals surface area (Å²) in [6, 6.07) is 23.6. The molecule has 0 atom stereocenters. The fraction of sp³-hybridized carbons (Fsp3) is 0.0870. The minimum absolute atomic E-state index is 0.0593. The molecule has 4 aromatic rings. The van der Waals surface area contributed by atoms with E-state index in [-0.39, 0.29) is 17.1 Å². The predicted octanol–water partition coefficient (Wildman–Crippen LogP) is 4.37. The lowest BCUT2D eigenvalue weighted by atomic mass is 10.1. The van der Waals surface area contributed by atoms with Gasteiger partial charge in [0.25, 0.3) is 5.56 Å². The lowest BCUT2D eigenvalue weighted by Crippen LogP contribution is -2.22. The number of hydrogen-bond donors (Lipinski definition) is 0. The maximum Gasteiger partial charge on any atom is 0.266 e. The van der Waals surface area contributed by atoms with Gasteiger partial charge >= 0.3 is 0 Å². The molecule has 1 heterocycles. The zero-order valence-electron chi connectivity index (χ0n) is 15.7. The van der Waals surface area contributed by atoms with Crippen LogP contribution in [0.5, 0.6) is 5.75 Å². The number of nitrogens with zero attached hydrogens (tertiary/aromatic N) is 2. The molecule has 0 N–H and O–H groups in total. The van der Waals surface area contributed by atoms with Crippen molar-refractivity contribution >= 4 is 28.4 Å². The number of hydrogen-bond acceptors (Lipinski definition) is 5. The number of fused-ring (bicyclic) bond motifs is 1. The highest BCUT2D eigenvalue weighted by molar-refractivity contribution is 7.99. The van der Waals surface area contributed by atoms with Crippen molar-refractivity contribution in [2.24, 2.45) is 0 Å². The summed E-state index contributed by atoms with van der Waals surface area (Å²) in [7, 11) is 1.57. The standard InChI is InChI=1S/C23H18N2O3S/c1-28-18-11-7-8-16(14-18)21(26)15-29-23-24-20-13-6-5-12-19(20)22(27)25(23)17-9-3-2-4-10-17/h2-14H,15H2,1H3. The number of rotatable bonds is 6. The fourth-order valence-electron chi connectivity index (χ4n) is 3.02. The lowest BCUT2D eigenvalue weighted by molar-refractivity contribution is 0.102. The van der Waals surface area contributed by atoms with Crippen LogP contribution in [0.2, 0.25) is 0 Å². The van der Waals surface area contributed by atoms with E-state index in [2.05, 4.69) is 4.98 Å². The van der Waals surface area contributed by atoms with Gasteiger partial charge in [-0.15, -0.1) is 0 Å². The van der Waals surface area contributed by atoms with Crippen molar-refractivity contribution < 1.29 is 9.53 Å². The molecule has 0 aliphatic rings. The topological polar surface area (TPSA) is 61.2 Å². The van der Waals surface area contributed by atoms with Gasteiger partial charge in [-0.3, -0.25) is 14.2 Å². The third kappa shape index (κ3) is 3.93. The predicted molar refractivity (Wildman–Crippen MR) is 115 cm³/mol. The summed E-state index contributed by atoms with van der Waals surface area (Å²) in [4.78, 5) is 30.5. The molecule has 0 saturated heterocycles. The molecule has 29 heavy (non-hydrogen) atoms. The number of carbonyl (C=O) groups is 1. The molecule has 3 aromatic carbocycles. The Labute approximate surface area is 172 Å². The van der Waals surface area contributed by atoms with E-state index in [1.807, 2.05) is 42.5 Å². The Hall–Kier alpha value is -3.38. The van der Waals surface area contributed by atoms with Crippen LogP contribution >= 0.6 is 11.8 Å². The highest BCUT2D eigenvalue weighted by atomic mass is 32.2. The number of thioether (sulfide) groups is 1. The second kappa shape index (κ2) is 8.32. The first kappa shape index (κ1) is 19.0. The zero-order chi connectivity index (χ0) is 20.2. The van der Waals surface area contributed by atoms with E-state index < -0.39 is 0 Å². The second-order valence-electron chi connectivity index (χ2n) is 6.33. The Kier molecular flexibility index (Phi) is 5.44. The van der Waals surface area contributed by atoms with Crippen LogP contribution in [0, 0.1) is 0 Å². The summed E-state index contributed by atoms with van der Waals surface area (Å²) in [5.41, 5.74) is 1.73. The summed E-state index contributed by atoms with van der Waals surface area (Å²) in [5, 5.41) is 1.02. The van der Waals surface area contributed by atoms with E-state index in [1.54, 1.807) is 48.1 Å². The molecule has 0 saturated carbocycles. The minimum atomic E-state index is -0.155. The van der Waals surface area contributed by atoms with E-state index in [4.69, 9.17) is 4.74 Å². The van der Waals surface area contributed by atoms with Crippen LogP contribution in [-0.2, 0) is 0 Å². The Morgan fingerprint density at radius 2 is 1.76 bits per heavy atom. The number of Topliss-reactive ketones (excluding diaryl/α,β-unsaturated/α-hetero) is 1. The van der Waals surface area contributed by atoms with Gasteiger partial charge in [0.2, 0.25) is 0 Å². The first-order valence-electron chi connectivity index (χ1n) is 9.04. The van der Waals surface area contributed by atoms with E-state index >= 15 is 0 Å². The summed E-state index contributed by atoms with van der Waals surface area (Å²) in [6.07, 6.45) is 0. The Bertz CT molecular complexity index is 1240. The van der Waals surface area contributed by atoms with Crippen molar-refractivity contribution in [2.45, 2.75) is 5.16 Å².